The topological polar surface area (TPSA) is 9.23 Å². The van der Waals surface area contributed by atoms with E-state index in [1.807, 2.05) is 13.0 Å². The summed E-state index contributed by atoms with van der Waals surface area (Å²) in [5.41, 5.74) is 2.46. The van der Waals surface area contributed by atoms with Crippen LogP contribution in [0.25, 0.3) is 37.9 Å². The number of hydrogen-bond donors (Lipinski definition) is 0. The van der Waals surface area contributed by atoms with Crippen molar-refractivity contribution in [3.8, 4) is 0 Å². The second kappa shape index (κ2) is 5.49. The van der Waals surface area contributed by atoms with E-state index in [1.165, 1.54) is 43.5 Å². The van der Waals surface area contributed by atoms with E-state index in [2.05, 4.69) is 72.8 Å². The fraction of sp³-hybridized carbons (Fsp3) is 0.0833. The molecule has 0 N–H and O–H groups in total. The Balaban J connectivity index is 1.88. The summed E-state index contributed by atoms with van der Waals surface area (Å²) in [4.78, 5) is 0. The van der Waals surface area contributed by atoms with Crippen LogP contribution in [0, 0.1) is 0 Å². The van der Waals surface area contributed by atoms with Crippen LogP contribution in [-0.2, 0) is 4.74 Å². The van der Waals surface area contributed by atoms with Gasteiger partial charge in [0.2, 0.25) is 0 Å². The third-order valence-electron chi connectivity index (χ3n) is 5.09. The molecule has 4 aromatic rings. The molecule has 1 heterocycles. The van der Waals surface area contributed by atoms with Crippen LogP contribution < -0.4 is 0 Å². The lowest BCUT2D eigenvalue weighted by molar-refractivity contribution is 0.252. The predicted octanol–water partition coefficient (Wildman–Crippen LogP) is 6.46. The average molecular weight is 322 g/mol. The van der Waals surface area contributed by atoms with Crippen LogP contribution in [0.1, 0.15) is 12.5 Å². The fourth-order valence-corrected chi connectivity index (χ4v) is 3.79. The molecule has 0 radical (unpaired) electrons. The molecule has 0 aromatic heterocycles. The standard InChI is InChI=1S/C24H18O/c1-16-10-11-18(15-25-16)17-12-13-23-21-8-3-2-6-19(21)20-7-4-5-9-22(20)24(23)14-17/h2-14H,15H2,1H3. The lowest BCUT2D eigenvalue weighted by Crippen LogP contribution is -2.00. The molecule has 0 aliphatic carbocycles. The van der Waals surface area contributed by atoms with E-state index in [9.17, 15) is 0 Å². The second-order valence-electron chi connectivity index (χ2n) is 6.61. The van der Waals surface area contributed by atoms with Crippen LogP contribution in [0.3, 0.4) is 0 Å². The van der Waals surface area contributed by atoms with Crippen molar-refractivity contribution in [2.45, 2.75) is 6.92 Å². The van der Waals surface area contributed by atoms with Gasteiger partial charge in [0, 0.05) is 0 Å². The minimum atomic E-state index is 0.638. The fourth-order valence-electron chi connectivity index (χ4n) is 3.79. The van der Waals surface area contributed by atoms with Gasteiger partial charge in [0.15, 0.2) is 0 Å². The smallest absolute Gasteiger partial charge is 0.113 e. The molecule has 1 heteroatoms. The van der Waals surface area contributed by atoms with Gasteiger partial charge in [-0.25, -0.2) is 0 Å². The summed E-state index contributed by atoms with van der Waals surface area (Å²) in [5.74, 6) is 0.973. The lowest BCUT2D eigenvalue weighted by Gasteiger charge is -2.16. The van der Waals surface area contributed by atoms with Gasteiger partial charge in [-0.1, -0.05) is 66.7 Å². The van der Waals surface area contributed by atoms with Gasteiger partial charge in [-0.05, 0) is 62.5 Å². The van der Waals surface area contributed by atoms with E-state index in [4.69, 9.17) is 4.74 Å². The number of hydrogen-bond acceptors (Lipinski definition) is 1. The highest BCUT2D eigenvalue weighted by molar-refractivity contribution is 6.25. The highest BCUT2D eigenvalue weighted by Gasteiger charge is 2.11. The van der Waals surface area contributed by atoms with Crippen LogP contribution in [0.2, 0.25) is 0 Å². The van der Waals surface area contributed by atoms with Crippen molar-refractivity contribution >= 4 is 37.9 Å². The molecule has 1 nitrogen and oxygen atoms in total. The molecule has 0 fully saturated rings. The van der Waals surface area contributed by atoms with Gasteiger partial charge in [-0.3, -0.25) is 0 Å². The first-order valence-electron chi connectivity index (χ1n) is 8.65. The Bertz CT molecular complexity index is 1160. The van der Waals surface area contributed by atoms with E-state index >= 15 is 0 Å². The predicted molar refractivity (Wildman–Crippen MR) is 107 cm³/mol. The van der Waals surface area contributed by atoms with Gasteiger partial charge in [-0.2, -0.15) is 0 Å². The number of allylic oxidation sites excluding steroid dienone is 3. The van der Waals surface area contributed by atoms with E-state index in [0.29, 0.717) is 6.61 Å². The van der Waals surface area contributed by atoms with Crippen LogP contribution in [0.15, 0.2) is 84.6 Å². The minimum absolute atomic E-state index is 0.638. The molecule has 120 valence electrons. The van der Waals surface area contributed by atoms with E-state index in [0.717, 1.165) is 5.76 Å². The molecule has 0 atom stereocenters. The number of fused-ring (bicyclic) bond motifs is 6. The summed E-state index contributed by atoms with van der Waals surface area (Å²) >= 11 is 0. The van der Waals surface area contributed by atoms with Crippen molar-refractivity contribution in [2.75, 3.05) is 6.61 Å². The summed E-state index contributed by atoms with van der Waals surface area (Å²) in [5, 5.41) is 7.86. The summed E-state index contributed by atoms with van der Waals surface area (Å²) in [6, 6.07) is 24.2. The molecule has 0 amide bonds. The maximum absolute atomic E-state index is 5.71. The Morgan fingerprint density at radius 1 is 0.640 bits per heavy atom. The van der Waals surface area contributed by atoms with Gasteiger partial charge < -0.3 is 4.74 Å². The summed E-state index contributed by atoms with van der Waals surface area (Å²) in [6.07, 6.45) is 4.21. The van der Waals surface area contributed by atoms with Gasteiger partial charge >= 0.3 is 0 Å². The summed E-state index contributed by atoms with van der Waals surface area (Å²) in [7, 11) is 0. The third kappa shape index (κ3) is 2.24. The summed E-state index contributed by atoms with van der Waals surface area (Å²) in [6.45, 7) is 2.63. The van der Waals surface area contributed by atoms with Gasteiger partial charge in [0.1, 0.15) is 6.61 Å². The highest BCUT2D eigenvalue weighted by atomic mass is 16.5. The molecular formula is C24H18O. The molecule has 4 aromatic carbocycles. The number of rotatable bonds is 1. The maximum Gasteiger partial charge on any atom is 0.113 e. The largest absolute Gasteiger partial charge is 0.494 e. The molecule has 25 heavy (non-hydrogen) atoms. The first-order valence-corrected chi connectivity index (χ1v) is 8.65. The van der Waals surface area contributed by atoms with E-state index in [1.54, 1.807) is 0 Å². The van der Waals surface area contributed by atoms with Gasteiger partial charge in [0.05, 0.1) is 5.76 Å². The molecule has 0 saturated carbocycles. The molecule has 0 bridgehead atoms. The number of ether oxygens (including phenoxy) is 1. The molecule has 1 aliphatic heterocycles. The van der Waals surface area contributed by atoms with Crippen LogP contribution in [0.5, 0.6) is 0 Å². The first-order chi connectivity index (χ1) is 12.3. The second-order valence-corrected chi connectivity index (χ2v) is 6.61. The molecule has 0 spiro atoms. The average Bonchev–Trinajstić information content (AvgIpc) is 2.68. The van der Waals surface area contributed by atoms with Crippen molar-refractivity contribution in [3.05, 3.63) is 90.2 Å². The Morgan fingerprint density at radius 3 is 1.76 bits per heavy atom. The van der Waals surface area contributed by atoms with Crippen LogP contribution in [0.4, 0.5) is 0 Å². The Labute approximate surface area is 146 Å². The molecule has 0 saturated heterocycles. The Kier molecular flexibility index (Phi) is 3.14. The van der Waals surface area contributed by atoms with E-state index < -0.39 is 0 Å². The van der Waals surface area contributed by atoms with E-state index in [-0.39, 0.29) is 0 Å². The zero-order valence-electron chi connectivity index (χ0n) is 14.1. The zero-order valence-corrected chi connectivity index (χ0v) is 14.1. The molecule has 0 unspecified atom stereocenters. The molecular weight excluding hydrogens is 304 g/mol. The SMILES string of the molecule is CC1=CC=C(c2ccc3c4ccccc4c4ccccc4c3c2)CO1. The highest BCUT2D eigenvalue weighted by Crippen LogP contribution is 2.36. The van der Waals surface area contributed by atoms with Crippen molar-refractivity contribution in [1.29, 1.82) is 0 Å². The monoisotopic (exact) mass is 322 g/mol. The first kappa shape index (κ1) is 14.3. The summed E-state index contributed by atoms with van der Waals surface area (Å²) < 4.78 is 5.71. The normalized spacial score (nSPS) is 14.4. The van der Waals surface area contributed by atoms with Crippen LogP contribution >= 0.6 is 0 Å². The third-order valence-corrected chi connectivity index (χ3v) is 5.09. The van der Waals surface area contributed by atoms with Crippen LogP contribution in [-0.4, -0.2) is 6.61 Å². The van der Waals surface area contributed by atoms with Crippen molar-refractivity contribution in [1.82, 2.24) is 0 Å². The van der Waals surface area contributed by atoms with Crippen molar-refractivity contribution in [3.63, 3.8) is 0 Å². The zero-order chi connectivity index (χ0) is 16.8. The Hall–Kier alpha value is -3.06. The van der Waals surface area contributed by atoms with Crippen molar-refractivity contribution in [2.24, 2.45) is 0 Å². The molecule has 5 rings (SSSR count). The van der Waals surface area contributed by atoms with Crippen molar-refractivity contribution < 1.29 is 4.74 Å². The quantitative estimate of drug-likeness (QED) is 0.365. The maximum atomic E-state index is 5.71. The molecule has 1 aliphatic rings. The van der Waals surface area contributed by atoms with Gasteiger partial charge in [0.25, 0.3) is 0 Å². The van der Waals surface area contributed by atoms with Gasteiger partial charge in [-0.15, -0.1) is 0 Å². The number of benzene rings is 4. The minimum Gasteiger partial charge on any atom is -0.494 e. The lowest BCUT2D eigenvalue weighted by atomic mass is 9.92. The Morgan fingerprint density at radius 2 is 1.20 bits per heavy atom.